The van der Waals surface area contributed by atoms with Crippen LogP contribution in [0.3, 0.4) is 0 Å². The molecular weight excluding hydrogens is 212 g/mol. The number of benzene rings is 1. The van der Waals surface area contributed by atoms with Crippen LogP contribution in [0.2, 0.25) is 0 Å². The van der Waals surface area contributed by atoms with Crippen LogP contribution in [0.1, 0.15) is 32.0 Å². The molecule has 90 valence electrons. The minimum Gasteiger partial charge on any atom is -0.295 e. The molecule has 3 nitrogen and oxygen atoms in total. The third kappa shape index (κ3) is 2.33. The largest absolute Gasteiger partial charge is 0.295 e. The van der Waals surface area contributed by atoms with Crippen molar-refractivity contribution >= 4 is 0 Å². The summed E-state index contributed by atoms with van der Waals surface area (Å²) in [4.78, 5) is 11.7. The van der Waals surface area contributed by atoms with Crippen molar-refractivity contribution in [2.24, 2.45) is 0 Å². The molecule has 17 heavy (non-hydrogen) atoms. The van der Waals surface area contributed by atoms with Gasteiger partial charge in [-0.25, -0.2) is 4.68 Å². The van der Waals surface area contributed by atoms with Crippen LogP contribution in [0.25, 0.3) is 5.69 Å². The van der Waals surface area contributed by atoms with Crippen LogP contribution >= 0.6 is 0 Å². The number of aromatic nitrogens is 2. The van der Waals surface area contributed by atoms with Crippen molar-refractivity contribution in [1.82, 2.24) is 9.78 Å². The third-order valence-electron chi connectivity index (χ3n) is 2.82. The summed E-state index contributed by atoms with van der Waals surface area (Å²) in [6.07, 6.45) is 0. The number of hydrogen-bond acceptors (Lipinski definition) is 1. The Kier molecular flexibility index (Phi) is 2.69. The molecule has 0 amide bonds. The standard InChI is InChI=1S/C14H18N2O/c1-10-8-13(17)16(15-10)12-7-5-6-11(9-12)14(2,3)4/h5-9,15H,1-4H3. The number of H-pyrrole nitrogens is 1. The topological polar surface area (TPSA) is 37.8 Å². The molecule has 0 unspecified atom stereocenters. The highest BCUT2D eigenvalue weighted by molar-refractivity contribution is 5.38. The lowest BCUT2D eigenvalue weighted by atomic mass is 9.87. The average Bonchev–Trinajstić information content (AvgIpc) is 2.57. The van der Waals surface area contributed by atoms with Crippen LogP contribution < -0.4 is 5.56 Å². The number of hydrogen-bond donors (Lipinski definition) is 1. The average molecular weight is 230 g/mol. The number of nitrogens with one attached hydrogen (secondary N) is 1. The van der Waals surface area contributed by atoms with Crippen LogP contribution in [0.15, 0.2) is 35.1 Å². The zero-order valence-corrected chi connectivity index (χ0v) is 10.7. The molecular formula is C14H18N2O. The van der Waals surface area contributed by atoms with Gasteiger partial charge in [0.25, 0.3) is 5.56 Å². The van der Waals surface area contributed by atoms with Crippen molar-refractivity contribution in [3.63, 3.8) is 0 Å². The maximum Gasteiger partial charge on any atom is 0.271 e. The highest BCUT2D eigenvalue weighted by Crippen LogP contribution is 2.23. The molecule has 1 N–H and O–H groups in total. The van der Waals surface area contributed by atoms with Gasteiger partial charge in [-0.2, -0.15) is 0 Å². The van der Waals surface area contributed by atoms with Crippen molar-refractivity contribution in [3.05, 3.63) is 51.9 Å². The van der Waals surface area contributed by atoms with E-state index in [0.717, 1.165) is 11.4 Å². The van der Waals surface area contributed by atoms with Gasteiger partial charge >= 0.3 is 0 Å². The number of aromatic amines is 1. The molecule has 0 radical (unpaired) electrons. The van der Waals surface area contributed by atoms with E-state index in [0.29, 0.717) is 0 Å². The summed E-state index contributed by atoms with van der Waals surface area (Å²) in [6.45, 7) is 8.37. The summed E-state index contributed by atoms with van der Waals surface area (Å²) in [5, 5.41) is 3.04. The van der Waals surface area contributed by atoms with E-state index in [1.54, 1.807) is 10.7 Å². The maximum atomic E-state index is 11.7. The van der Waals surface area contributed by atoms with Crippen molar-refractivity contribution < 1.29 is 0 Å². The molecule has 2 rings (SSSR count). The van der Waals surface area contributed by atoms with Crippen LogP contribution in [0, 0.1) is 6.92 Å². The fourth-order valence-electron chi connectivity index (χ4n) is 1.82. The van der Waals surface area contributed by atoms with Crippen molar-refractivity contribution in [2.75, 3.05) is 0 Å². The predicted octanol–water partition coefficient (Wildman–Crippen LogP) is 2.77. The molecule has 0 aliphatic carbocycles. The Hall–Kier alpha value is -1.77. The van der Waals surface area contributed by atoms with E-state index in [2.05, 4.69) is 38.0 Å². The van der Waals surface area contributed by atoms with Gasteiger partial charge in [0.1, 0.15) is 0 Å². The number of aryl methyl sites for hydroxylation is 1. The van der Waals surface area contributed by atoms with Gasteiger partial charge in [-0.1, -0.05) is 32.9 Å². The highest BCUT2D eigenvalue weighted by Gasteiger charge is 2.14. The number of nitrogens with zero attached hydrogens (tertiary/aromatic N) is 1. The second kappa shape index (κ2) is 3.91. The zero-order valence-electron chi connectivity index (χ0n) is 10.7. The Bertz CT molecular complexity index is 585. The van der Waals surface area contributed by atoms with Gasteiger partial charge < -0.3 is 0 Å². The van der Waals surface area contributed by atoms with Gasteiger partial charge in [0.15, 0.2) is 0 Å². The van der Waals surface area contributed by atoms with Crippen molar-refractivity contribution in [3.8, 4) is 5.69 Å². The summed E-state index contributed by atoms with van der Waals surface area (Å²) in [7, 11) is 0. The lowest BCUT2D eigenvalue weighted by Crippen LogP contribution is -2.16. The lowest BCUT2D eigenvalue weighted by molar-refractivity contribution is 0.589. The molecule has 1 aromatic heterocycles. The summed E-state index contributed by atoms with van der Waals surface area (Å²) in [5.41, 5.74) is 3.04. The van der Waals surface area contributed by atoms with E-state index in [9.17, 15) is 4.79 Å². The first-order valence-electron chi connectivity index (χ1n) is 5.77. The normalized spacial score (nSPS) is 11.8. The molecule has 0 spiro atoms. The Morgan fingerprint density at radius 2 is 1.88 bits per heavy atom. The van der Waals surface area contributed by atoms with Crippen molar-refractivity contribution in [1.29, 1.82) is 0 Å². The number of rotatable bonds is 1. The van der Waals surface area contributed by atoms with Gasteiger partial charge in [0.2, 0.25) is 0 Å². The smallest absolute Gasteiger partial charge is 0.271 e. The van der Waals surface area contributed by atoms with E-state index < -0.39 is 0 Å². The molecule has 2 aromatic rings. The van der Waals surface area contributed by atoms with Gasteiger partial charge in [0, 0.05) is 11.8 Å². The minimum atomic E-state index is -0.0199. The molecule has 0 bridgehead atoms. The van der Waals surface area contributed by atoms with E-state index in [4.69, 9.17) is 0 Å². The van der Waals surface area contributed by atoms with Crippen LogP contribution in [-0.4, -0.2) is 9.78 Å². The fraction of sp³-hybridized carbons (Fsp3) is 0.357. The lowest BCUT2D eigenvalue weighted by Gasteiger charge is -2.19. The molecule has 1 heterocycles. The first-order chi connectivity index (χ1) is 7.88. The van der Waals surface area contributed by atoms with E-state index >= 15 is 0 Å². The summed E-state index contributed by atoms with van der Waals surface area (Å²) in [6, 6.07) is 9.66. The van der Waals surface area contributed by atoms with Crippen molar-refractivity contribution in [2.45, 2.75) is 33.1 Å². The molecule has 0 aliphatic rings. The Morgan fingerprint density at radius 1 is 1.18 bits per heavy atom. The van der Waals surface area contributed by atoms with Gasteiger partial charge in [0.05, 0.1) is 5.69 Å². The highest BCUT2D eigenvalue weighted by atomic mass is 16.1. The summed E-state index contributed by atoms with van der Waals surface area (Å²) < 4.78 is 1.57. The first kappa shape index (κ1) is 11.7. The van der Waals surface area contributed by atoms with Gasteiger partial charge in [-0.15, -0.1) is 0 Å². The maximum absolute atomic E-state index is 11.7. The zero-order chi connectivity index (χ0) is 12.6. The van der Waals surface area contributed by atoms with Gasteiger partial charge in [-0.05, 0) is 30.0 Å². The first-order valence-corrected chi connectivity index (χ1v) is 5.77. The second-order valence-corrected chi connectivity index (χ2v) is 5.41. The molecule has 0 aliphatic heterocycles. The predicted molar refractivity (Wildman–Crippen MR) is 69.8 cm³/mol. The molecule has 1 aromatic carbocycles. The Morgan fingerprint density at radius 3 is 2.41 bits per heavy atom. The second-order valence-electron chi connectivity index (χ2n) is 5.41. The summed E-state index contributed by atoms with van der Waals surface area (Å²) in [5.74, 6) is 0. The summed E-state index contributed by atoms with van der Waals surface area (Å²) >= 11 is 0. The molecule has 0 atom stereocenters. The van der Waals surface area contributed by atoms with Crippen LogP contribution in [-0.2, 0) is 5.41 Å². The fourth-order valence-corrected chi connectivity index (χ4v) is 1.82. The van der Waals surface area contributed by atoms with E-state index in [1.165, 1.54) is 5.56 Å². The molecule has 3 heteroatoms. The Balaban J connectivity index is 2.54. The third-order valence-corrected chi connectivity index (χ3v) is 2.82. The van der Waals surface area contributed by atoms with Gasteiger partial charge in [-0.3, -0.25) is 9.89 Å². The minimum absolute atomic E-state index is 0.0199. The van der Waals surface area contributed by atoms with Crippen LogP contribution in [0.5, 0.6) is 0 Å². The molecule has 0 fully saturated rings. The van der Waals surface area contributed by atoms with E-state index in [-0.39, 0.29) is 11.0 Å². The molecule has 0 saturated heterocycles. The Labute approximate surface area is 101 Å². The van der Waals surface area contributed by atoms with Crippen LogP contribution in [0.4, 0.5) is 0 Å². The van der Waals surface area contributed by atoms with E-state index in [1.807, 2.05) is 19.1 Å². The molecule has 0 saturated carbocycles. The monoisotopic (exact) mass is 230 g/mol. The quantitative estimate of drug-likeness (QED) is 0.803. The SMILES string of the molecule is Cc1cc(=O)n(-c2cccc(C(C)(C)C)c2)[nH]1.